The maximum absolute atomic E-state index is 14.9. The van der Waals surface area contributed by atoms with Crippen molar-refractivity contribution in [3.05, 3.63) is 77.4 Å². The summed E-state index contributed by atoms with van der Waals surface area (Å²) in [6, 6.07) is 13.1. The van der Waals surface area contributed by atoms with Crippen molar-refractivity contribution in [1.82, 2.24) is 26.0 Å². The molecule has 0 radical (unpaired) electrons. The number of anilines is 1. The highest BCUT2D eigenvalue weighted by Crippen LogP contribution is 2.27. The van der Waals surface area contributed by atoms with E-state index >= 15 is 0 Å². The Hall–Kier alpha value is -3.37. The van der Waals surface area contributed by atoms with Crippen molar-refractivity contribution >= 4 is 28.9 Å². The minimum Gasteiger partial charge on any atom is -0.378 e. The molecule has 1 unspecified atom stereocenters. The molecular weight excluding hydrogens is 419 g/mol. The molecule has 1 aliphatic rings. The van der Waals surface area contributed by atoms with E-state index in [2.05, 4.69) is 26.0 Å². The van der Waals surface area contributed by atoms with Gasteiger partial charge in [-0.3, -0.25) is 10.1 Å². The molecule has 1 aliphatic heterocycles. The summed E-state index contributed by atoms with van der Waals surface area (Å²) in [7, 11) is 0. The molecule has 1 saturated heterocycles. The fourth-order valence-electron chi connectivity index (χ4n) is 3.37. The molecule has 2 heterocycles. The monoisotopic (exact) mass is 440 g/mol. The smallest absolute Gasteiger partial charge is 0.257 e. The van der Waals surface area contributed by atoms with Gasteiger partial charge in [-0.05, 0) is 42.0 Å². The second-order valence-electron chi connectivity index (χ2n) is 6.93. The molecule has 3 N–H and O–H groups in total. The molecule has 1 aromatic heterocycles. The summed E-state index contributed by atoms with van der Waals surface area (Å²) in [5, 5.41) is 16.3. The molecule has 3 aromatic rings. The number of H-pyrrole nitrogens is 1. The van der Waals surface area contributed by atoms with Gasteiger partial charge < -0.3 is 15.0 Å². The van der Waals surface area contributed by atoms with Crippen molar-refractivity contribution in [2.24, 2.45) is 0 Å². The topological polar surface area (TPSA) is 95.2 Å². The van der Waals surface area contributed by atoms with Gasteiger partial charge in [0, 0.05) is 18.7 Å². The largest absolute Gasteiger partial charge is 0.378 e. The number of morpholine rings is 1. The lowest BCUT2D eigenvalue weighted by Gasteiger charge is -2.29. The van der Waals surface area contributed by atoms with Gasteiger partial charge >= 0.3 is 0 Å². The summed E-state index contributed by atoms with van der Waals surface area (Å²) < 4.78 is 20.3. The van der Waals surface area contributed by atoms with E-state index in [0.29, 0.717) is 48.8 Å². The van der Waals surface area contributed by atoms with Gasteiger partial charge in [-0.2, -0.15) is 15.4 Å². The number of aromatic nitrogens is 3. The van der Waals surface area contributed by atoms with Crippen LogP contribution in [0.3, 0.4) is 0 Å². The summed E-state index contributed by atoms with van der Waals surface area (Å²) >= 11 is 5.32. The fraction of sp³-hybridized carbons (Fsp3) is 0.238. The molecule has 31 heavy (non-hydrogen) atoms. The van der Waals surface area contributed by atoms with Crippen LogP contribution in [0, 0.1) is 5.82 Å². The summed E-state index contributed by atoms with van der Waals surface area (Å²) in [6.07, 6.45) is 1.52. The maximum atomic E-state index is 14.9. The molecule has 0 bridgehead atoms. The average Bonchev–Trinajstić information content (AvgIpc) is 3.33. The normalized spacial score (nSPS) is 14.7. The van der Waals surface area contributed by atoms with E-state index in [-0.39, 0.29) is 16.8 Å². The number of ether oxygens (including phenoxy) is 1. The van der Waals surface area contributed by atoms with Gasteiger partial charge in [0.25, 0.3) is 5.91 Å². The Bertz CT molecular complexity index is 1040. The van der Waals surface area contributed by atoms with E-state index < -0.39 is 6.04 Å². The van der Waals surface area contributed by atoms with Crippen LogP contribution in [0.2, 0.25) is 0 Å². The van der Waals surface area contributed by atoms with Gasteiger partial charge in [0.2, 0.25) is 0 Å². The SMILES string of the molecule is O=C(NC(=S)NC(c1ccc(N2CCOCC2)c(F)c1)c1cn[nH]n1)c1ccccc1. The van der Waals surface area contributed by atoms with Gasteiger partial charge in [-0.1, -0.05) is 24.3 Å². The number of thiocarbonyl (C=S) groups is 1. The van der Waals surface area contributed by atoms with Crippen LogP contribution in [0.25, 0.3) is 0 Å². The number of aromatic amines is 1. The molecule has 10 heteroatoms. The Morgan fingerprint density at radius 2 is 1.97 bits per heavy atom. The van der Waals surface area contributed by atoms with Gasteiger partial charge in [0.15, 0.2) is 5.11 Å². The molecule has 0 spiro atoms. The molecule has 4 rings (SSSR count). The van der Waals surface area contributed by atoms with Gasteiger partial charge in [-0.25, -0.2) is 4.39 Å². The third-order valence-electron chi connectivity index (χ3n) is 4.92. The molecule has 2 aromatic carbocycles. The third kappa shape index (κ3) is 5.04. The number of carbonyl (C=O) groups excluding carboxylic acids is 1. The van der Waals surface area contributed by atoms with Crippen LogP contribution in [0.15, 0.2) is 54.7 Å². The number of nitrogens with one attached hydrogen (secondary N) is 3. The standard InChI is InChI=1S/C21H21FN6O2S/c22-16-12-15(6-7-18(16)28-8-10-30-11-9-28)19(17-13-23-27-26-17)24-21(31)25-20(29)14-4-2-1-3-5-14/h1-7,12-13,19H,8-11H2,(H,23,26,27)(H2,24,25,29,31). The molecular formula is C21H21FN6O2S. The van der Waals surface area contributed by atoms with Crippen LogP contribution < -0.4 is 15.5 Å². The van der Waals surface area contributed by atoms with Crippen molar-refractivity contribution in [1.29, 1.82) is 0 Å². The number of amides is 1. The molecule has 0 saturated carbocycles. The first-order chi connectivity index (χ1) is 15.1. The third-order valence-corrected chi connectivity index (χ3v) is 5.14. The van der Waals surface area contributed by atoms with Crippen LogP contribution >= 0.6 is 12.2 Å². The Balaban J connectivity index is 1.52. The summed E-state index contributed by atoms with van der Waals surface area (Å²) in [5.41, 5.74) is 2.10. The molecule has 8 nitrogen and oxygen atoms in total. The number of halogens is 1. The predicted molar refractivity (Wildman–Crippen MR) is 117 cm³/mol. The zero-order valence-corrected chi connectivity index (χ0v) is 17.4. The van der Waals surface area contributed by atoms with E-state index in [1.165, 1.54) is 12.3 Å². The lowest BCUT2D eigenvalue weighted by molar-refractivity contribution is 0.0976. The number of rotatable bonds is 5. The highest BCUT2D eigenvalue weighted by atomic mass is 32.1. The molecule has 1 atom stereocenters. The summed E-state index contributed by atoms with van der Waals surface area (Å²) in [6.45, 7) is 2.41. The summed E-state index contributed by atoms with van der Waals surface area (Å²) in [5.74, 6) is -0.695. The predicted octanol–water partition coefficient (Wildman–Crippen LogP) is 2.17. The Morgan fingerprint density at radius 3 is 2.65 bits per heavy atom. The van der Waals surface area contributed by atoms with Crippen LogP contribution in [-0.2, 0) is 4.74 Å². The fourth-order valence-corrected chi connectivity index (χ4v) is 3.58. The zero-order valence-electron chi connectivity index (χ0n) is 16.5. The lowest BCUT2D eigenvalue weighted by atomic mass is 10.0. The van der Waals surface area contributed by atoms with E-state index in [4.69, 9.17) is 17.0 Å². The molecule has 160 valence electrons. The number of carbonyl (C=O) groups is 1. The maximum Gasteiger partial charge on any atom is 0.257 e. The van der Waals surface area contributed by atoms with E-state index in [0.717, 1.165) is 0 Å². The average molecular weight is 441 g/mol. The molecule has 0 aliphatic carbocycles. The summed E-state index contributed by atoms with van der Waals surface area (Å²) in [4.78, 5) is 14.3. The van der Waals surface area contributed by atoms with Crippen molar-refractivity contribution < 1.29 is 13.9 Å². The number of benzene rings is 2. The number of nitrogens with zero attached hydrogens (tertiary/aromatic N) is 3. The highest BCUT2D eigenvalue weighted by molar-refractivity contribution is 7.80. The van der Waals surface area contributed by atoms with Gasteiger partial charge in [0.1, 0.15) is 11.5 Å². The van der Waals surface area contributed by atoms with E-state index in [1.807, 2.05) is 17.0 Å². The number of hydrogen-bond donors (Lipinski definition) is 3. The van der Waals surface area contributed by atoms with Crippen LogP contribution in [0.4, 0.5) is 10.1 Å². The molecule has 1 fully saturated rings. The first-order valence-corrected chi connectivity index (χ1v) is 10.2. The van der Waals surface area contributed by atoms with Gasteiger partial charge in [-0.15, -0.1) is 0 Å². The van der Waals surface area contributed by atoms with Crippen molar-refractivity contribution in [3.8, 4) is 0 Å². The number of hydrogen-bond acceptors (Lipinski definition) is 6. The van der Waals surface area contributed by atoms with E-state index in [1.54, 1.807) is 30.3 Å². The van der Waals surface area contributed by atoms with Crippen LogP contribution in [-0.4, -0.2) is 52.7 Å². The quantitative estimate of drug-likeness (QED) is 0.524. The minimum absolute atomic E-state index is 0.0968. The Kier molecular flexibility index (Phi) is 6.48. The Labute approximate surface area is 183 Å². The van der Waals surface area contributed by atoms with Crippen LogP contribution in [0.5, 0.6) is 0 Å². The van der Waals surface area contributed by atoms with E-state index in [9.17, 15) is 9.18 Å². The first kappa shape index (κ1) is 20.9. The minimum atomic E-state index is -0.601. The van der Waals surface area contributed by atoms with Crippen molar-refractivity contribution in [2.75, 3.05) is 31.2 Å². The van der Waals surface area contributed by atoms with Crippen molar-refractivity contribution in [3.63, 3.8) is 0 Å². The van der Waals surface area contributed by atoms with Crippen LogP contribution in [0.1, 0.15) is 27.7 Å². The second kappa shape index (κ2) is 9.63. The first-order valence-electron chi connectivity index (χ1n) is 9.76. The Morgan fingerprint density at radius 1 is 1.19 bits per heavy atom. The molecule has 1 amide bonds. The zero-order chi connectivity index (χ0) is 21.6. The lowest BCUT2D eigenvalue weighted by Crippen LogP contribution is -2.41. The van der Waals surface area contributed by atoms with Crippen molar-refractivity contribution in [2.45, 2.75) is 6.04 Å². The highest BCUT2D eigenvalue weighted by Gasteiger charge is 2.22. The second-order valence-corrected chi connectivity index (χ2v) is 7.34. The van der Waals surface area contributed by atoms with Gasteiger partial charge in [0.05, 0.1) is 31.1 Å².